The van der Waals surface area contributed by atoms with Gasteiger partial charge in [-0.15, -0.1) is 0 Å². The van der Waals surface area contributed by atoms with E-state index < -0.39 is 28.9 Å². The van der Waals surface area contributed by atoms with Gasteiger partial charge in [-0.25, -0.2) is 4.79 Å². The van der Waals surface area contributed by atoms with E-state index in [4.69, 9.17) is 9.57 Å². The van der Waals surface area contributed by atoms with E-state index in [1.54, 1.807) is 5.06 Å². The van der Waals surface area contributed by atoms with Crippen molar-refractivity contribution in [3.63, 3.8) is 0 Å². The number of hydrogen-bond acceptors (Lipinski definition) is 4. The van der Waals surface area contributed by atoms with E-state index in [1.807, 2.05) is 20.8 Å². The number of carbonyl (C=O) groups is 1. The van der Waals surface area contributed by atoms with Gasteiger partial charge in [-0.2, -0.15) is 5.06 Å². The van der Waals surface area contributed by atoms with Crippen molar-refractivity contribution in [3.05, 3.63) is 24.3 Å². The quantitative estimate of drug-likeness (QED) is 0.381. The fourth-order valence-corrected chi connectivity index (χ4v) is 9.57. The molecule has 2 aliphatic heterocycles. The van der Waals surface area contributed by atoms with Crippen molar-refractivity contribution in [3.8, 4) is 0 Å². The van der Waals surface area contributed by atoms with Crippen molar-refractivity contribution < 1.29 is 19.5 Å². The van der Waals surface area contributed by atoms with Crippen LogP contribution in [-0.2, 0) is 9.57 Å². The Morgan fingerprint density at radius 1 is 1.03 bits per heavy atom. The first kappa shape index (κ1) is 28.2. The number of rotatable bonds is 4. The topological polar surface area (TPSA) is 59.0 Å². The molecule has 1 amide bonds. The molecule has 4 aliphatic carbocycles. The van der Waals surface area contributed by atoms with Gasteiger partial charge in [0.05, 0.1) is 6.10 Å². The molecule has 1 saturated heterocycles. The number of fused-ring (bicyclic) bond motifs is 2. The Morgan fingerprint density at radius 2 is 1.74 bits per heavy atom. The number of hydrogen-bond donors (Lipinski definition) is 1. The molecule has 10 atom stereocenters. The van der Waals surface area contributed by atoms with Crippen molar-refractivity contribution in [2.45, 2.75) is 130 Å². The highest BCUT2D eigenvalue weighted by Gasteiger charge is 2.76. The molecule has 6 aliphatic rings. The van der Waals surface area contributed by atoms with Crippen LogP contribution in [0, 0.1) is 46.3 Å². The molecule has 4 fully saturated rings. The summed E-state index contributed by atoms with van der Waals surface area (Å²) < 4.78 is 5.94. The number of nitrogens with zero attached hydrogens (tertiary/aromatic N) is 1. The molecule has 5 nitrogen and oxygen atoms in total. The number of hydroxylamine groups is 2. The van der Waals surface area contributed by atoms with Crippen LogP contribution in [0.3, 0.4) is 0 Å². The molecule has 2 heterocycles. The van der Waals surface area contributed by atoms with E-state index in [1.165, 1.54) is 12.8 Å². The predicted molar refractivity (Wildman–Crippen MR) is 151 cm³/mol. The normalized spacial score (nSPS) is 45.6. The zero-order chi connectivity index (χ0) is 27.9. The third-order valence-corrected chi connectivity index (χ3v) is 12.0. The Bertz CT molecular complexity index is 997. The molecule has 3 saturated carbocycles. The minimum Gasteiger partial charge on any atom is -0.442 e. The number of carbonyl (C=O) groups excluding carboxylic acids is 1. The van der Waals surface area contributed by atoms with Crippen molar-refractivity contribution in [1.29, 1.82) is 0 Å². The van der Waals surface area contributed by atoms with Gasteiger partial charge in [0.1, 0.15) is 16.7 Å². The molecule has 0 unspecified atom stereocenters. The fraction of sp³-hybridized carbons (Fsp3) is 0.848. The molecule has 6 rings (SSSR count). The molecule has 2 bridgehead atoms. The summed E-state index contributed by atoms with van der Waals surface area (Å²) >= 11 is 0. The lowest BCUT2D eigenvalue weighted by atomic mass is 9.41. The average molecular weight is 528 g/mol. The molecule has 1 N–H and O–H groups in total. The van der Waals surface area contributed by atoms with Gasteiger partial charge in [0.2, 0.25) is 0 Å². The standard InChI is InChI=1S/C33H53NO4/c1-21(2)22(3)10-11-23(4)25-12-13-26-30(25,8)16-15-27-31(9)17-14-24(35)20-32(31)18-19-33(26,27)38-34(32)28(36)37-29(5,6)7/h10-11,18-19,21-27,35H,12-17,20H2,1-9H3/b11-10+/t22-,23+,24-,25+,26+,27+,30+,31+,32+,33-/m0/s1. The molecule has 0 aromatic heterocycles. The van der Waals surface area contributed by atoms with Crippen LogP contribution in [0.15, 0.2) is 24.3 Å². The lowest BCUT2D eigenvalue weighted by Gasteiger charge is -2.72. The summed E-state index contributed by atoms with van der Waals surface area (Å²) in [5.41, 5.74) is -1.81. The van der Waals surface area contributed by atoms with Gasteiger partial charge in [-0.3, -0.25) is 4.84 Å². The third-order valence-electron chi connectivity index (χ3n) is 12.0. The van der Waals surface area contributed by atoms with E-state index in [9.17, 15) is 9.90 Å². The van der Waals surface area contributed by atoms with Gasteiger partial charge in [-0.1, -0.05) is 65.8 Å². The second kappa shape index (κ2) is 9.09. The largest absolute Gasteiger partial charge is 0.442 e. The van der Waals surface area contributed by atoms with E-state index in [0.29, 0.717) is 41.9 Å². The molecule has 0 aromatic carbocycles. The average Bonchev–Trinajstić information content (AvgIpc) is 3.18. The summed E-state index contributed by atoms with van der Waals surface area (Å²) in [5.74, 6) is 3.01. The highest BCUT2D eigenvalue weighted by Crippen LogP contribution is 2.73. The number of ether oxygens (including phenoxy) is 1. The molecule has 5 heteroatoms. The molecule has 214 valence electrons. The number of aliphatic hydroxyl groups is 1. The Labute approximate surface area is 231 Å². The third kappa shape index (κ3) is 3.96. The van der Waals surface area contributed by atoms with Crippen LogP contribution in [0.1, 0.15) is 107 Å². The monoisotopic (exact) mass is 527 g/mol. The van der Waals surface area contributed by atoms with E-state index in [2.05, 4.69) is 65.8 Å². The Kier molecular flexibility index (Phi) is 6.75. The zero-order valence-corrected chi connectivity index (χ0v) is 25.4. The van der Waals surface area contributed by atoms with Crippen molar-refractivity contribution in [2.24, 2.45) is 46.3 Å². The van der Waals surface area contributed by atoms with Crippen LogP contribution in [0.25, 0.3) is 0 Å². The van der Waals surface area contributed by atoms with E-state index in [-0.39, 0.29) is 10.8 Å². The van der Waals surface area contributed by atoms with Crippen LogP contribution in [0.4, 0.5) is 4.79 Å². The Morgan fingerprint density at radius 3 is 2.39 bits per heavy atom. The smallest absolute Gasteiger partial charge is 0.435 e. The zero-order valence-electron chi connectivity index (χ0n) is 25.4. The molecule has 0 radical (unpaired) electrons. The number of aliphatic hydroxyl groups excluding tert-OH is 1. The summed E-state index contributed by atoms with van der Waals surface area (Å²) in [5, 5.41) is 12.4. The van der Waals surface area contributed by atoms with Gasteiger partial charge < -0.3 is 9.84 Å². The van der Waals surface area contributed by atoms with Crippen LogP contribution < -0.4 is 0 Å². The van der Waals surface area contributed by atoms with Crippen LogP contribution in [-0.4, -0.2) is 39.1 Å². The van der Waals surface area contributed by atoms with Crippen molar-refractivity contribution >= 4 is 6.09 Å². The van der Waals surface area contributed by atoms with Gasteiger partial charge in [0.25, 0.3) is 0 Å². The van der Waals surface area contributed by atoms with Crippen LogP contribution in [0.5, 0.6) is 0 Å². The molecule has 0 aromatic rings. The molecule has 2 spiro atoms. The highest BCUT2D eigenvalue weighted by molar-refractivity contribution is 5.70. The molecular weight excluding hydrogens is 474 g/mol. The predicted octanol–water partition coefficient (Wildman–Crippen LogP) is 7.69. The van der Waals surface area contributed by atoms with Crippen molar-refractivity contribution in [1.82, 2.24) is 5.06 Å². The molecule has 38 heavy (non-hydrogen) atoms. The maximum absolute atomic E-state index is 13.8. The van der Waals surface area contributed by atoms with Crippen LogP contribution in [0.2, 0.25) is 0 Å². The highest BCUT2D eigenvalue weighted by atomic mass is 16.8. The first-order valence-corrected chi connectivity index (χ1v) is 15.4. The Balaban J connectivity index is 1.53. The first-order chi connectivity index (χ1) is 17.6. The van der Waals surface area contributed by atoms with Crippen molar-refractivity contribution in [2.75, 3.05) is 0 Å². The lowest BCUT2D eigenvalue weighted by molar-refractivity contribution is -0.386. The maximum atomic E-state index is 13.8. The summed E-state index contributed by atoms with van der Waals surface area (Å²) in [7, 11) is 0. The first-order valence-electron chi connectivity index (χ1n) is 15.4. The van der Waals surface area contributed by atoms with Gasteiger partial charge in [0, 0.05) is 23.7 Å². The lowest BCUT2D eigenvalue weighted by Crippen LogP contribution is -2.79. The minimum atomic E-state index is -0.672. The number of allylic oxidation sites excluding steroid dienone is 2. The fourth-order valence-electron chi connectivity index (χ4n) is 9.57. The second-order valence-electron chi connectivity index (χ2n) is 15.5. The van der Waals surface area contributed by atoms with Gasteiger partial charge in [-0.05, 0) is 88.4 Å². The Hall–Kier alpha value is -1.33. The number of amides is 1. The van der Waals surface area contributed by atoms with E-state index in [0.717, 1.165) is 25.7 Å². The van der Waals surface area contributed by atoms with Gasteiger partial charge in [0.15, 0.2) is 0 Å². The summed E-state index contributed by atoms with van der Waals surface area (Å²) in [4.78, 5) is 20.8. The second-order valence-corrected chi connectivity index (χ2v) is 15.5. The SMILES string of the molecule is CC(C)[C@@H](C)/C=C/[C@@H](C)[C@H]1CC[C@@H]2[C@]1(C)CC[C@H]1[C@]23C=C[C@]2(C[C@@H](O)CC[C@]12C)N(C(=O)OC(C)(C)C)O3. The summed E-state index contributed by atoms with van der Waals surface area (Å²) in [6, 6.07) is 0. The molecular formula is C33H53NO4. The maximum Gasteiger partial charge on any atom is 0.435 e. The minimum absolute atomic E-state index is 0.146. The van der Waals surface area contributed by atoms with Gasteiger partial charge >= 0.3 is 6.09 Å². The van der Waals surface area contributed by atoms with E-state index >= 15 is 0 Å². The van der Waals surface area contributed by atoms with Crippen LogP contribution >= 0.6 is 0 Å². The summed E-state index contributed by atoms with van der Waals surface area (Å²) in [6.45, 7) is 19.9. The summed E-state index contributed by atoms with van der Waals surface area (Å²) in [6.07, 6.45) is 15.4.